The van der Waals surface area contributed by atoms with E-state index in [1.165, 1.54) is 6.42 Å². The summed E-state index contributed by atoms with van der Waals surface area (Å²) in [6, 6.07) is 0. The molecule has 0 aromatic heterocycles. The Bertz CT molecular complexity index is 205. The Morgan fingerprint density at radius 1 is 1.33 bits per heavy atom. The van der Waals surface area contributed by atoms with Crippen LogP contribution < -0.4 is 0 Å². The van der Waals surface area contributed by atoms with Gasteiger partial charge in [0.25, 0.3) is 0 Å². The van der Waals surface area contributed by atoms with Gasteiger partial charge in [0.15, 0.2) is 0 Å². The van der Waals surface area contributed by atoms with E-state index in [0.29, 0.717) is 17.7 Å². The highest BCUT2D eigenvalue weighted by atomic mass is 16.2. The molecular formula is C13H25NO. The predicted molar refractivity (Wildman–Crippen MR) is 63.6 cm³/mol. The topological polar surface area (TPSA) is 20.3 Å². The summed E-state index contributed by atoms with van der Waals surface area (Å²) in [6.45, 7) is 10.6. The maximum atomic E-state index is 12.1. The quantitative estimate of drug-likeness (QED) is 0.703. The molecule has 0 spiro atoms. The number of hydrogen-bond donors (Lipinski definition) is 0. The fraction of sp³-hybridized carbons (Fsp3) is 0.923. The molecule has 2 heteroatoms. The first-order valence-corrected chi connectivity index (χ1v) is 6.33. The van der Waals surface area contributed by atoms with Crippen LogP contribution in [-0.4, -0.2) is 23.9 Å². The van der Waals surface area contributed by atoms with Crippen LogP contribution in [0.1, 0.15) is 47.0 Å². The van der Waals surface area contributed by atoms with Crippen molar-refractivity contribution in [3.05, 3.63) is 0 Å². The van der Waals surface area contributed by atoms with Gasteiger partial charge in [-0.05, 0) is 24.7 Å². The third kappa shape index (κ3) is 3.51. The summed E-state index contributed by atoms with van der Waals surface area (Å²) in [5.41, 5.74) is 0. The van der Waals surface area contributed by atoms with E-state index in [1.807, 2.05) is 0 Å². The van der Waals surface area contributed by atoms with Gasteiger partial charge in [0, 0.05) is 19.0 Å². The number of likely N-dealkylation sites (tertiary alicyclic amines) is 1. The van der Waals surface area contributed by atoms with Gasteiger partial charge in [-0.1, -0.05) is 34.1 Å². The molecule has 1 fully saturated rings. The van der Waals surface area contributed by atoms with E-state index in [9.17, 15) is 4.79 Å². The molecule has 1 amide bonds. The van der Waals surface area contributed by atoms with Gasteiger partial charge >= 0.3 is 0 Å². The van der Waals surface area contributed by atoms with Gasteiger partial charge in [-0.25, -0.2) is 0 Å². The summed E-state index contributed by atoms with van der Waals surface area (Å²) in [4.78, 5) is 14.2. The predicted octanol–water partition coefficient (Wildman–Crippen LogP) is 2.93. The van der Waals surface area contributed by atoms with Crippen molar-refractivity contribution >= 4 is 5.91 Å². The van der Waals surface area contributed by atoms with Crippen LogP contribution in [0.5, 0.6) is 0 Å². The molecule has 1 rings (SSSR count). The van der Waals surface area contributed by atoms with Crippen LogP contribution in [0.25, 0.3) is 0 Å². The normalized spacial score (nSPS) is 28.9. The van der Waals surface area contributed by atoms with E-state index >= 15 is 0 Å². The van der Waals surface area contributed by atoms with Gasteiger partial charge in [-0.15, -0.1) is 0 Å². The maximum absolute atomic E-state index is 12.1. The average molecular weight is 211 g/mol. The fourth-order valence-corrected chi connectivity index (χ4v) is 2.71. The molecule has 0 aromatic rings. The molecule has 0 aliphatic carbocycles. The molecule has 1 aliphatic rings. The van der Waals surface area contributed by atoms with E-state index in [0.717, 1.165) is 25.9 Å². The molecule has 0 radical (unpaired) electrons. The number of piperidine rings is 1. The van der Waals surface area contributed by atoms with Gasteiger partial charge in [0.05, 0.1) is 0 Å². The highest BCUT2D eigenvalue weighted by Gasteiger charge is 2.27. The second-order valence-corrected chi connectivity index (χ2v) is 5.38. The second-order valence-electron chi connectivity index (χ2n) is 5.38. The van der Waals surface area contributed by atoms with Crippen molar-refractivity contribution < 1.29 is 4.79 Å². The Balaban J connectivity index is 2.51. The maximum Gasteiger partial charge on any atom is 0.225 e. The summed E-state index contributed by atoms with van der Waals surface area (Å²) in [7, 11) is 0. The molecule has 1 heterocycles. The van der Waals surface area contributed by atoms with E-state index in [4.69, 9.17) is 0 Å². The van der Waals surface area contributed by atoms with Crippen molar-refractivity contribution in [2.24, 2.45) is 17.8 Å². The summed E-state index contributed by atoms with van der Waals surface area (Å²) in [5.74, 6) is 1.93. The molecule has 0 unspecified atom stereocenters. The molecule has 0 aromatic carbocycles. The van der Waals surface area contributed by atoms with Crippen LogP contribution in [-0.2, 0) is 4.79 Å². The Hall–Kier alpha value is -0.530. The minimum atomic E-state index is 0.215. The number of nitrogens with zero attached hydrogens (tertiary/aromatic N) is 1. The number of rotatable bonds is 3. The lowest BCUT2D eigenvalue weighted by atomic mass is 9.90. The number of carbonyl (C=O) groups excluding carboxylic acids is 1. The lowest BCUT2D eigenvalue weighted by Gasteiger charge is -2.36. The third-order valence-electron chi connectivity index (χ3n) is 3.32. The summed E-state index contributed by atoms with van der Waals surface area (Å²) in [5, 5.41) is 0. The molecule has 2 nitrogen and oxygen atoms in total. The van der Waals surface area contributed by atoms with Crippen molar-refractivity contribution in [3.8, 4) is 0 Å². The SMILES string of the molecule is CCC[C@@H](C)C(=O)N1C[C@@H](C)C[C@H](C)C1. The highest BCUT2D eigenvalue weighted by Crippen LogP contribution is 2.23. The fourth-order valence-electron chi connectivity index (χ4n) is 2.71. The zero-order valence-electron chi connectivity index (χ0n) is 10.6. The Morgan fingerprint density at radius 2 is 1.87 bits per heavy atom. The second kappa shape index (κ2) is 5.53. The van der Waals surface area contributed by atoms with Crippen LogP contribution in [0.3, 0.4) is 0 Å². The first-order valence-electron chi connectivity index (χ1n) is 6.33. The van der Waals surface area contributed by atoms with Crippen molar-refractivity contribution in [1.82, 2.24) is 4.90 Å². The van der Waals surface area contributed by atoms with E-state index in [2.05, 4.69) is 32.6 Å². The van der Waals surface area contributed by atoms with Crippen molar-refractivity contribution in [2.45, 2.75) is 47.0 Å². The summed E-state index contributed by atoms with van der Waals surface area (Å²) < 4.78 is 0. The molecule has 0 N–H and O–H groups in total. The van der Waals surface area contributed by atoms with Gasteiger partial charge in [0.2, 0.25) is 5.91 Å². The largest absolute Gasteiger partial charge is 0.342 e. The van der Waals surface area contributed by atoms with Gasteiger partial charge in [-0.3, -0.25) is 4.79 Å². The zero-order valence-corrected chi connectivity index (χ0v) is 10.6. The first-order chi connectivity index (χ1) is 7.04. The van der Waals surface area contributed by atoms with E-state index < -0.39 is 0 Å². The lowest BCUT2D eigenvalue weighted by molar-refractivity contribution is -0.137. The molecule has 1 aliphatic heterocycles. The standard InChI is InChI=1S/C13H25NO/c1-5-6-12(4)13(15)14-8-10(2)7-11(3)9-14/h10-12H,5-9H2,1-4H3/t10-,11-,12+/m0/s1. The van der Waals surface area contributed by atoms with Gasteiger partial charge in [-0.2, -0.15) is 0 Å². The zero-order chi connectivity index (χ0) is 11.4. The van der Waals surface area contributed by atoms with E-state index in [-0.39, 0.29) is 5.92 Å². The monoisotopic (exact) mass is 211 g/mol. The van der Waals surface area contributed by atoms with Crippen molar-refractivity contribution in [2.75, 3.05) is 13.1 Å². The van der Waals surface area contributed by atoms with Crippen LogP contribution in [0, 0.1) is 17.8 Å². The van der Waals surface area contributed by atoms with Crippen LogP contribution in [0.2, 0.25) is 0 Å². The molecule has 15 heavy (non-hydrogen) atoms. The van der Waals surface area contributed by atoms with E-state index in [1.54, 1.807) is 0 Å². The third-order valence-corrected chi connectivity index (χ3v) is 3.32. The molecule has 0 saturated carbocycles. The summed E-state index contributed by atoms with van der Waals surface area (Å²) in [6.07, 6.45) is 3.40. The minimum absolute atomic E-state index is 0.215. The minimum Gasteiger partial charge on any atom is -0.342 e. The highest BCUT2D eigenvalue weighted by molar-refractivity contribution is 5.78. The van der Waals surface area contributed by atoms with Crippen molar-refractivity contribution in [1.29, 1.82) is 0 Å². The number of amides is 1. The summed E-state index contributed by atoms with van der Waals surface area (Å²) >= 11 is 0. The molecule has 1 saturated heterocycles. The lowest BCUT2D eigenvalue weighted by Crippen LogP contribution is -2.44. The van der Waals surface area contributed by atoms with Crippen molar-refractivity contribution in [3.63, 3.8) is 0 Å². The molecule has 88 valence electrons. The Labute approximate surface area is 94.0 Å². The average Bonchev–Trinajstić information content (AvgIpc) is 2.15. The van der Waals surface area contributed by atoms with Gasteiger partial charge in [0.1, 0.15) is 0 Å². The van der Waals surface area contributed by atoms with Crippen LogP contribution >= 0.6 is 0 Å². The van der Waals surface area contributed by atoms with Gasteiger partial charge < -0.3 is 4.90 Å². The molecule has 0 bridgehead atoms. The molecule has 3 atom stereocenters. The van der Waals surface area contributed by atoms with Crippen LogP contribution in [0.4, 0.5) is 0 Å². The first kappa shape index (κ1) is 12.5. The molecular weight excluding hydrogens is 186 g/mol. The Kier molecular flexibility index (Phi) is 4.62. The Morgan fingerprint density at radius 3 is 2.33 bits per heavy atom. The van der Waals surface area contributed by atoms with Crippen LogP contribution in [0.15, 0.2) is 0 Å². The number of carbonyl (C=O) groups is 1. The smallest absolute Gasteiger partial charge is 0.225 e. The number of hydrogen-bond acceptors (Lipinski definition) is 1.